The minimum Gasteiger partial charge on any atom is -0.369 e. The van der Waals surface area contributed by atoms with Gasteiger partial charge in [0.1, 0.15) is 11.9 Å². The smallest absolute Gasteiger partial charge is 0.234 e. The number of ketones is 1. The third kappa shape index (κ3) is 3.30. The van der Waals surface area contributed by atoms with Crippen molar-refractivity contribution >= 4 is 5.78 Å². The predicted octanol–water partition coefficient (Wildman–Crippen LogP) is 2.57. The summed E-state index contributed by atoms with van der Waals surface area (Å²) in [6.45, 7) is 3.70. The van der Waals surface area contributed by atoms with Crippen molar-refractivity contribution in [2.75, 3.05) is 7.11 Å². The average Bonchev–Trinajstić information content (AvgIpc) is 2.89. The molecule has 20 heavy (non-hydrogen) atoms. The topological polar surface area (TPSA) is 65.2 Å². The molecule has 0 radical (unpaired) electrons. The molecule has 1 aromatic carbocycles. The molecule has 106 valence electrons. The number of Topliss-reactive ketones (excluding diaryl/α,β-unsaturated/α-hetero) is 1. The number of hydrogen-bond acceptors (Lipinski definition) is 5. The molecule has 1 aromatic heterocycles. The highest BCUT2D eigenvalue weighted by Crippen LogP contribution is 2.22. The lowest BCUT2D eigenvalue weighted by molar-refractivity contribution is -0.121. The Bertz CT molecular complexity index is 564. The van der Waals surface area contributed by atoms with E-state index in [0.717, 1.165) is 5.56 Å². The molecule has 0 aliphatic carbocycles. The van der Waals surface area contributed by atoms with E-state index in [9.17, 15) is 4.79 Å². The number of methoxy groups -OCH3 is 1. The Labute approximate surface area is 118 Å². The van der Waals surface area contributed by atoms with Gasteiger partial charge >= 0.3 is 0 Å². The van der Waals surface area contributed by atoms with Gasteiger partial charge in [0.2, 0.25) is 11.7 Å². The molecule has 0 spiro atoms. The third-order valence-corrected chi connectivity index (χ3v) is 3.03. The zero-order valence-corrected chi connectivity index (χ0v) is 11.9. The summed E-state index contributed by atoms with van der Waals surface area (Å²) in [5, 5.41) is 3.91. The monoisotopic (exact) mass is 274 g/mol. The SMILES string of the molecule is COC(c1ccccc1)c1noc(CC(=O)C(C)C)n1. The number of nitrogens with zero attached hydrogens (tertiary/aromatic N) is 2. The summed E-state index contributed by atoms with van der Waals surface area (Å²) in [4.78, 5) is 15.9. The summed E-state index contributed by atoms with van der Waals surface area (Å²) >= 11 is 0. The van der Waals surface area contributed by atoms with Crippen LogP contribution >= 0.6 is 0 Å². The van der Waals surface area contributed by atoms with Gasteiger partial charge in [-0.05, 0) is 5.56 Å². The highest BCUT2D eigenvalue weighted by molar-refractivity contribution is 5.81. The maximum atomic E-state index is 11.7. The molecule has 0 aliphatic heterocycles. The van der Waals surface area contributed by atoms with Crippen molar-refractivity contribution in [1.82, 2.24) is 10.1 Å². The van der Waals surface area contributed by atoms with Crippen LogP contribution in [-0.4, -0.2) is 23.0 Å². The first-order valence-corrected chi connectivity index (χ1v) is 6.54. The minimum absolute atomic E-state index is 0.0438. The van der Waals surface area contributed by atoms with Crippen molar-refractivity contribution in [3.8, 4) is 0 Å². The van der Waals surface area contributed by atoms with Crippen molar-refractivity contribution in [1.29, 1.82) is 0 Å². The standard InChI is InChI=1S/C15H18N2O3/c1-10(2)12(18)9-13-16-15(17-20-13)14(19-3)11-7-5-4-6-8-11/h4-8,10,14H,9H2,1-3H3. The molecule has 0 aliphatic rings. The maximum absolute atomic E-state index is 11.7. The lowest BCUT2D eigenvalue weighted by Crippen LogP contribution is -2.11. The van der Waals surface area contributed by atoms with Gasteiger partial charge in [0, 0.05) is 13.0 Å². The van der Waals surface area contributed by atoms with Gasteiger partial charge in [0.15, 0.2) is 0 Å². The van der Waals surface area contributed by atoms with Crippen LogP contribution in [0.4, 0.5) is 0 Å². The molecule has 0 N–H and O–H groups in total. The number of carbonyl (C=O) groups is 1. The summed E-state index contributed by atoms with van der Waals surface area (Å²) in [6, 6.07) is 9.64. The zero-order valence-electron chi connectivity index (χ0n) is 11.9. The summed E-state index contributed by atoms with van der Waals surface area (Å²) in [7, 11) is 1.59. The van der Waals surface area contributed by atoms with Crippen molar-refractivity contribution < 1.29 is 14.1 Å². The Kier molecular flexibility index (Phi) is 4.63. The Hall–Kier alpha value is -2.01. The number of rotatable bonds is 6. The molecule has 0 saturated carbocycles. The maximum Gasteiger partial charge on any atom is 0.234 e. The Morgan fingerprint density at radius 1 is 1.30 bits per heavy atom. The molecule has 5 heteroatoms. The van der Waals surface area contributed by atoms with Crippen LogP contribution in [0.3, 0.4) is 0 Å². The Morgan fingerprint density at radius 3 is 2.60 bits per heavy atom. The molecular formula is C15H18N2O3. The molecule has 2 rings (SSSR count). The zero-order chi connectivity index (χ0) is 14.5. The van der Waals surface area contributed by atoms with Crippen molar-refractivity contribution in [2.45, 2.75) is 26.4 Å². The van der Waals surface area contributed by atoms with Crippen molar-refractivity contribution in [2.24, 2.45) is 5.92 Å². The number of carbonyl (C=O) groups excluding carboxylic acids is 1. The van der Waals surface area contributed by atoms with E-state index in [1.807, 2.05) is 44.2 Å². The van der Waals surface area contributed by atoms with E-state index < -0.39 is 0 Å². The van der Waals surface area contributed by atoms with E-state index in [1.54, 1.807) is 7.11 Å². The van der Waals surface area contributed by atoms with Crippen molar-refractivity contribution in [3.05, 3.63) is 47.6 Å². The average molecular weight is 274 g/mol. The highest BCUT2D eigenvalue weighted by Gasteiger charge is 2.21. The lowest BCUT2D eigenvalue weighted by Gasteiger charge is -2.10. The van der Waals surface area contributed by atoms with E-state index in [2.05, 4.69) is 10.1 Å². The number of aromatic nitrogens is 2. The lowest BCUT2D eigenvalue weighted by atomic mass is 10.1. The van der Waals surface area contributed by atoms with Gasteiger partial charge in [-0.25, -0.2) is 0 Å². The molecule has 1 heterocycles. The summed E-state index contributed by atoms with van der Waals surface area (Å²) < 4.78 is 10.5. The van der Waals surface area contributed by atoms with E-state index in [4.69, 9.17) is 9.26 Å². The number of ether oxygens (including phenoxy) is 1. The van der Waals surface area contributed by atoms with Gasteiger partial charge in [0.25, 0.3) is 0 Å². The van der Waals surface area contributed by atoms with E-state index in [0.29, 0.717) is 11.7 Å². The fraction of sp³-hybridized carbons (Fsp3) is 0.400. The molecule has 1 atom stereocenters. The first-order valence-electron chi connectivity index (χ1n) is 6.54. The Morgan fingerprint density at radius 2 is 2.00 bits per heavy atom. The summed E-state index contributed by atoms with van der Waals surface area (Å²) in [5.41, 5.74) is 0.942. The highest BCUT2D eigenvalue weighted by atomic mass is 16.5. The third-order valence-electron chi connectivity index (χ3n) is 3.03. The van der Waals surface area contributed by atoms with E-state index in [-0.39, 0.29) is 24.2 Å². The van der Waals surface area contributed by atoms with Gasteiger partial charge in [-0.15, -0.1) is 0 Å². The van der Waals surface area contributed by atoms with Gasteiger partial charge in [-0.3, -0.25) is 4.79 Å². The normalized spacial score (nSPS) is 12.6. The van der Waals surface area contributed by atoms with Crippen LogP contribution in [0.15, 0.2) is 34.9 Å². The van der Waals surface area contributed by atoms with Gasteiger partial charge in [-0.2, -0.15) is 4.98 Å². The van der Waals surface area contributed by atoms with E-state index in [1.165, 1.54) is 0 Å². The van der Waals surface area contributed by atoms with Crippen LogP contribution in [-0.2, 0) is 16.0 Å². The summed E-state index contributed by atoms with van der Waals surface area (Å²) in [6.07, 6.45) is -0.224. The first-order chi connectivity index (χ1) is 9.61. The molecule has 0 saturated heterocycles. The van der Waals surface area contributed by atoms with Crippen LogP contribution < -0.4 is 0 Å². The predicted molar refractivity (Wildman–Crippen MR) is 73.1 cm³/mol. The van der Waals surface area contributed by atoms with Crippen LogP contribution in [0, 0.1) is 5.92 Å². The van der Waals surface area contributed by atoms with Crippen LogP contribution in [0.25, 0.3) is 0 Å². The largest absolute Gasteiger partial charge is 0.369 e. The second-order valence-corrected chi connectivity index (χ2v) is 4.87. The van der Waals surface area contributed by atoms with E-state index >= 15 is 0 Å². The van der Waals surface area contributed by atoms with Crippen LogP contribution in [0.2, 0.25) is 0 Å². The second-order valence-electron chi connectivity index (χ2n) is 4.87. The quantitative estimate of drug-likeness (QED) is 0.810. The van der Waals surface area contributed by atoms with Gasteiger partial charge in [-0.1, -0.05) is 49.3 Å². The Balaban J connectivity index is 2.16. The molecule has 0 fully saturated rings. The molecule has 2 aromatic rings. The second kappa shape index (κ2) is 6.43. The number of benzene rings is 1. The van der Waals surface area contributed by atoms with Gasteiger partial charge < -0.3 is 9.26 Å². The fourth-order valence-corrected chi connectivity index (χ4v) is 1.82. The van der Waals surface area contributed by atoms with Crippen LogP contribution in [0.5, 0.6) is 0 Å². The minimum atomic E-state index is -0.386. The summed E-state index contributed by atoms with van der Waals surface area (Å²) in [5.74, 6) is 0.800. The first kappa shape index (κ1) is 14.4. The molecule has 0 bridgehead atoms. The number of hydrogen-bond donors (Lipinski definition) is 0. The van der Waals surface area contributed by atoms with Crippen molar-refractivity contribution in [3.63, 3.8) is 0 Å². The molecule has 0 amide bonds. The van der Waals surface area contributed by atoms with Crippen LogP contribution in [0.1, 0.15) is 37.2 Å². The molecule has 1 unspecified atom stereocenters. The fourth-order valence-electron chi connectivity index (χ4n) is 1.82. The van der Waals surface area contributed by atoms with Gasteiger partial charge in [0.05, 0.1) is 6.42 Å². The molecular weight excluding hydrogens is 256 g/mol. The molecule has 5 nitrogen and oxygen atoms in total.